The summed E-state index contributed by atoms with van der Waals surface area (Å²) in [6, 6.07) is 6.80. The van der Waals surface area contributed by atoms with E-state index in [1.165, 1.54) is 4.90 Å². The molecule has 2 aliphatic rings. The van der Waals surface area contributed by atoms with Crippen molar-refractivity contribution in [3.05, 3.63) is 30.1 Å². The van der Waals surface area contributed by atoms with Gasteiger partial charge in [-0.2, -0.15) is 0 Å². The van der Waals surface area contributed by atoms with Crippen LogP contribution < -0.4 is 0 Å². The van der Waals surface area contributed by atoms with Crippen LogP contribution in [0.1, 0.15) is 77.3 Å². The Labute approximate surface area is 250 Å². The first-order chi connectivity index (χ1) is 19.9. The van der Waals surface area contributed by atoms with Gasteiger partial charge < -0.3 is 29.1 Å². The number of carbonyl (C=O) groups is 3. The Morgan fingerprint density at radius 1 is 1.12 bits per heavy atom. The molecule has 2 fully saturated rings. The molecule has 2 aromatic rings. The largest absolute Gasteiger partial charge is 0.465 e. The number of ether oxygens (including phenoxy) is 1. The average molecular weight is 584 g/mol. The topological polar surface area (TPSA) is 108 Å². The fourth-order valence-corrected chi connectivity index (χ4v) is 6.84. The Kier molecular flexibility index (Phi) is 10.2. The van der Waals surface area contributed by atoms with Gasteiger partial charge in [-0.05, 0) is 55.6 Å². The number of likely N-dealkylation sites (tertiary alicyclic amines) is 2. The third kappa shape index (κ3) is 6.90. The molecule has 0 aliphatic carbocycles. The lowest BCUT2D eigenvalue weighted by Crippen LogP contribution is -2.66. The standard InChI is InChI=1S/C32H49N5O5/c1-22(2)20-36(30(39)28-33-24-13-7-8-14-25(24)35(28)17-11-12-18-42-6)26-19-23(29(38)34-15-9-10-16-34)21-37(31(40)41)27(26)32(3,4)5/h7-8,13-14,22-23,26-27H,9-12,15-21H2,1-6H3,(H,40,41)/t23-,26+,27?/m1/s1. The predicted molar refractivity (Wildman–Crippen MR) is 162 cm³/mol. The van der Waals surface area contributed by atoms with Crippen molar-refractivity contribution in [3.63, 3.8) is 0 Å². The highest BCUT2D eigenvalue weighted by Crippen LogP contribution is 2.39. The van der Waals surface area contributed by atoms with Crippen molar-refractivity contribution >= 4 is 28.9 Å². The Morgan fingerprint density at radius 3 is 2.43 bits per heavy atom. The minimum Gasteiger partial charge on any atom is -0.465 e. The van der Waals surface area contributed by atoms with Gasteiger partial charge in [0, 0.05) is 46.4 Å². The number of amides is 3. The number of nitrogens with zero attached hydrogens (tertiary/aromatic N) is 5. The Balaban J connectivity index is 1.78. The maximum atomic E-state index is 14.7. The van der Waals surface area contributed by atoms with Gasteiger partial charge in [-0.3, -0.25) is 9.59 Å². The van der Waals surface area contributed by atoms with E-state index < -0.39 is 29.5 Å². The predicted octanol–water partition coefficient (Wildman–Crippen LogP) is 4.97. The van der Waals surface area contributed by atoms with E-state index >= 15 is 0 Å². The Hall–Kier alpha value is -3.14. The Bertz CT molecular complexity index is 1250. The first-order valence-electron chi connectivity index (χ1n) is 15.5. The third-order valence-corrected chi connectivity index (χ3v) is 8.59. The number of rotatable bonds is 10. The van der Waals surface area contributed by atoms with E-state index in [2.05, 4.69) is 13.8 Å². The summed E-state index contributed by atoms with van der Waals surface area (Å²) in [4.78, 5) is 51.1. The van der Waals surface area contributed by atoms with Gasteiger partial charge >= 0.3 is 6.09 Å². The molecule has 3 amide bonds. The number of fused-ring (bicyclic) bond motifs is 1. The van der Waals surface area contributed by atoms with Gasteiger partial charge in [-0.15, -0.1) is 0 Å². The minimum atomic E-state index is -1.05. The minimum absolute atomic E-state index is 0.00145. The fourth-order valence-electron chi connectivity index (χ4n) is 6.84. The molecule has 1 aromatic carbocycles. The molecule has 232 valence electrons. The zero-order chi connectivity index (χ0) is 30.6. The normalized spacial score (nSPS) is 21.4. The fraction of sp³-hybridized carbons (Fsp3) is 0.688. The van der Waals surface area contributed by atoms with Gasteiger partial charge in [0.25, 0.3) is 5.91 Å². The maximum absolute atomic E-state index is 14.7. The van der Waals surface area contributed by atoms with E-state index in [0.717, 1.165) is 36.7 Å². The summed E-state index contributed by atoms with van der Waals surface area (Å²) in [5, 5.41) is 10.4. The number of para-hydroxylation sites is 2. The molecule has 1 N–H and O–H groups in total. The number of aryl methyl sites for hydroxylation is 1. The lowest BCUT2D eigenvalue weighted by molar-refractivity contribution is -0.139. The molecule has 0 radical (unpaired) electrons. The molecule has 1 unspecified atom stereocenters. The van der Waals surface area contributed by atoms with E-state index in [1.807, 2.05) is 59.4 Å². The molecule has 2 aliphatic heterocycles. The van der Waals surface area contributed by atoms with Crippen LogP contribution in [-0.4, -0.2) is 99.2 Å². The molecular formula is C32H49N5O5. The monoisotopic (exact) mass is 583 g/mol. The van der Waals surface area contributed by atoms with Crippen LogP contribution in [0, 0.1) is 17.3 Å². The van der Waals surface area contributed by atoms with Gasteiger partial charge in [0.2, 0.25) is 5.91 Å². The van der Waals surface area contributed by atoms with Crippen LogP contribution in [0.2, 0.25) is 0 Å². The average Bonchev–Trinajstić information content (AvgIpc) is 3.61. The number of hydrogen-bond donors (Lipinski definition) is 1. The van der Waals surface area contributed by atoms with Crippen LogP contribution in [0.25, 0.3) is 11.0 Å². The maximum Gasteiger partial charge on any atom is 0.407 e. The smallest absolute Gasteiger partial charge is 0.407 e. The zero-order valence-corrected chi connectivity index (χ0v) is 26.2. The molecule has 3 heterocycles. The van der Waals surface area contributed by atoms with Crippen LogP contribution in [-0.2, 0) is 16.1 Å². The summed E-state index contributed by atoms with van der Waals surface area (Å²) >= 11 is 0. The number of carboxylic acid groups (broad SMARTS) is 1. The van der Waals surface area contributed by atoms with Crippen LogP contribution in [0.4, 0.5) is 4.79 Å². The first-order valence-corrected chi connectivity index (χ1v) is 15.5. The number of benzene rings is 1. The quantitative estimate of drug-likeness (QED) is 0.396. The summed E-state index contributed by atoms with van der Waals surface area (Å²) in [5.74, 6) is -0.235. The lowest BCUT2D eigenvalue weighted by atomic mass is 9.74. The highest BCUT2D eigenvalue weighted by Gasteiger charge is 2.50. The van der Waals surface area contributed by atoms with E-state index in [0.29, 0.717) is 45.0 Å². The second kappa shape index (κ2) is 13.4. The molecule has 42 heavy (non-hydrogen) atoms. The number of hydrogen-bond acceptors (Lipinski definition) is 5. The van der Waals surface area contributed by atoms with E-state index in [-0.39, 0.29) is 24.3 Å². The van der Waals surface area contributed by atoms with Crippen LogP contribution in [0.3, 0.4) is 0 Å². The number of imidazole rings is 1. The van der Waals surface area contributed by atoms with Gasteiger partial charge in [0.1, 0.15) is 0 Å². The molecule has 3 atom stereocenters. The first kappa shape index (κ1) is 31.8. The van der Waals surface area contributed by atoms with Gasteiger partial charge in [0.05, 0.1) is 29.0 Å². The molecule has 2 saturated heterocycles. The summed E-state index contributed by atoms with van der Waals surface area (Å²) in [5.41, 5.74) is 1.18. The number of aromatic nitrogens is 2. The van der Waals surface area contributed by atoms with E-state index in [9.17, 15) is 19.5 Å². The molecule has 1 aromatic heterocycles. The summed E-state index contributed by atoms with van der Waals surface area (Å²) in [6.45, 7) is 13.4. The molecule has 10 nitrogen and oxygen atoms in total. The summed E-state index contributed by atoms with van der Waals surface area (Å²) in [7, 11) is 1.68. The van der Waals surface area contributed by atoms with Gasteiger partial charge in [-0.1, -0.05) is 46.8 Å². The highest BCUT2D eigenvalue weighted by molar-refractivity contribution is 5.95. The summed E-state index contributed by atoms with van der Waals surface area (Å²) < 4.78 is 7.24. The second-order valence-electron chi connectivity index (χ2n) is 13.4. The number of unbranched alkanes of at least 4 members (excludes halogenated alkanes) is 1. The zero-order valence-electron chi connectivity index (χ0n) is 26.2. The highest BCUT2D eigenvalue weighted by atomic mass is 16.5. The SMILES string of the molecule is COCCCCn1c(C(=O)N(CC(C)C)[C@H]2C[C@@H](C(=O)N3CCCC3)CN(C(=O)O)C2C(C)(C)C)nc2ccccc21. The van der Waals surface area contributed by atoms with Crippen LogP contribution in [0.15, 0.2) is 24.3 Å². The van der Waals surface area contributed by atoms with Gasteiger partial charge in [0.15, 0.2) is 5.82 Å². The van der Waals surface area contributed by atoms with Crippen molar-refractivity contribution in [2.24, 2.45) is 17.3 Å². The van der Waals surface area contributed by atoms with E-state index in [4.69, 9.17) is 9.72 Å². The lowest BCUT2D eigenvalue weighted by Gasteiger charge is -2.52. The van der Waals surface area contributed by atoms with Crippen LogP contribution in [0.5, 0.6) is 0 Å². The third-order valence-electron chi connectivity index (χ3n) is 8.59. The molecule has 0 bridgehead atoms. The van der Waals surface area contributed by atoms with E-state index in [1.54, 1.807) is 7.11 Å². The van der Waals surface area contributed by atoms with Crippen molar-refractivity contribution in [2.75, 3.05) is 39.9 Å². The molecule has 0 saturated carbocycles. The molecular weight excluding hydrogens is 534 g/mol. The van der Waals surface area contributed by atoms with Crippen molar-refractivity contribution in [2.45, 2.75) is 85.4 Å². The second-order valence-corrected chi connectivity index (χ2v) is 13.4. The van der Waals surface area contributed by atoms with Crippen LogP contribution >= 0.6 is 0 Å². The van der Waals surface area contributed by atoms with Crippen molar-refractivity contribution in [3.8, 4) is 0 Å². The van der Waals surface area contributed by atoms with Crippen molar-refractivity contribution in [1.82, 2.24) is 24.3 Å². The summed E-state index contributed by atoms with van der Waals surface area (Å²) in [6.07, 6.45) is 2.98. The van der Waals surface area contributed by atoms with Crippen molar-refractivity contribution < 1.29 is 24.2 Å². The molecule has 10 heteroatoms. The molecule has 0 spiro atoms. The number of methoxy groups -OCH3 is 1. The van der Waals surface area contributed by atoms with Crippen molar-refractivity contribution in [1.29, 1.82) is 0 Å². The Morgan fingerprint density at radius 2 is 1.81 bits per heavy atom. The van der Waals surface area contributed by atoms with Gasteiger partial charge in [-0.25, -0.2) is 9.78 Å². The number of carbonyl (C=O) groups excluding carboxylic acids is 2. The molecule has 4 rings (SSSR count). The number of piperidine rings is 1.